The summed E-state index contributed by atoms with van der Waals surface area (Å²) in [4.78, 5) is 26.8. The number of anilines is 1. The first-order valence-electron chi connectivity index (χ1n) is 14.2. The van der Waals surface area contributed by atoms with Crippen molar-refractivity contribution < 1.29 is 9.59 Å². The topological polar surface area (TPSA) is 162 Å². The number of rotatable bonds is 9. The fourth-order valence-electron chi connectivity index (χ4n) is 5.43. The molecule has 0 aliphatic heterocycles. The van der Waals surface area contributed by atoms with E-state index in [4.69, 9.17) is 5.73 Å². The van der Waals surface area contributed by atoms with Crippen LogP contribution in [0.2, 0.25) is 0 Å². The molecule has 1 aliphatic carbocycles. The van der Waals surface area contributed by atoms with Crippen LogP contribution in [0.5, 0.6) is 0 Å². The van der Waals surface area contributed by atoms with Gasteiger partial charge in [-0.2, -0.15) is 10.5 Å². The number of carbonyl (C=O) groups excluding carboxylic acids is 2. The Hall–Kier alpha value is -4.59. The van der Waals surface area contributed by atoms with E-state index in [-0.39, 0.29) is 30.1 Å². The number of carbonyl (C=O) groups is 2. The third-order valence-electron chi connectivity index (χ3n) is 8.01. The molecule has 0 radical (unpaired) electrons. The molecule has 1 heterocycles. The molecule has 1 saturated carbocycles. The Kier molecular flexibility index (Phi) is 10.6. The fraction of sp³-hybridized carbons (Fsp3) is 0.312. The van der Waals surface area contributed by atoms with Crippen LogP contribution in [0.4, 0.5) is 5.69 Å². The molecule has 0 unspecified atom stereocenters. The molecule has 10 nitrogen and oxygen atoms in total. The summed E-state index contributed by atoms with van der Waals surface area (Å²) < 4.78 is 0. The van der Waals surface area contributed by atoms with Gasteiger partial charge in [0.15, 0.2) is 0 Å². The van der Waals surface area contributed by atoms with E-state index < -0.39 is 6.04 Å². The number of nitriles is 1. The number of tetrazole rings is 1. The van der Waals surface area contributed by atoms with Gasteiger partial charge in [0.05, 0.1) is 11.6 Å². The first-order chi connectivity index (χ1) is 20.4. The lowest BCUT2D eigenvalue weighted by Gasteiger charge is -2.28. The maximum Gasteiger partial charge on any atom is 0.247 e. The standard InChI is InChI=1S/C32H34N8O2.ClH/c1-20-2-3-23(19-34)16-28(20)24-8-4-21(5-9-24)17-29(36-31(41)26-10-6-22(18-33)7-11-26)32(42)35-27-14-12-25(13-15-27)30-37-39-40-38-30;/h2-5,8-9,12-16,22,26,29H,6-7,10-11,17-18,33H2,1H3,(H,35,42)(H,36,41)(H,37,38,39,40);1H/t22-,26-,29-;/m0./s1. The van der Waals surface area contributed by atoms with Gasteiger partial charge in [-0.3, -0.25) is 9.59 Å². The first kappa shape index (κ1) is 31.3. The maximum absolute atomic E-state index is 13.5. The van der Waals surface area contributed by atoms with Gasteiger partial charge in [0.25, 0.3) is 0 Å². The third kappa shape index (κ3) is 7.83. The summed E-state index contributed by atoms with van der Waals surface area (Å²) >= 11 is 0. The van der Waals surface area contributed by atoms with Crippen molar-refractivity contribution in [1.29, 1.82) is 5.26 Å². The molecule has 1 atom stereocenters. The van der Waals surface area contributed by atoms with Crippen molar-refractivity contribution in [2.75, 3.05) is 11.9 Å². The number of nitrogens with zero attached hydrogens (tertiary/aromatic N) is 4. The molecule has 0 saturated heterocycles. The number of H-pyrrole nitrogens is 1. The molecule has 4 aromatic rings. The summed E-state index contributed by atoms with van der Waals surface area (Å²) in [7, 11) is 0. The second-order valence-corrected chi connectivity index (χ2v) is 10.9. The van der Waals surface area contributed by atoms with E-state index in [0.29, 0.717) is 36.0 Å². The average molecular weight is 599 g/mol. The Balaban J connectivity index is 0.00000423. The number of benzene rings is 3. The zero-order valence-corrected chi connectivity index (χ0v) is 24.7. The summed E-state index contributed by atoms with van der Waals surface area (Å²) in [6.07, 6.45) is 3.72. The number of halogens is 1. The minimum Gasteiger partial charge on any atom is -0.344 e. The highest BCUT2D eigenvalue weighted by Gasteiger charge is 2.29. The average Bonchev–Trinajstić information content (AvgIpc) is 3.57. The number of hydrogen-bond acceptors (Lipinski definition) is 7. The lowest BCUT2D eigenvalue weighted by Crippen LogP contribution is -2.48. The number of amides is 2. The van der Waals surface area contributed by atoms with E-state index in [1.165, 1.54) is 0 Å². The van der Waals surface area contributed by atoms with Crippen molar-refractivity contribution in [3.05, 3.63) is 83.4 Å². The summed E-state index contributed by atoms with van der Waals surface area (Å²) in [6, 6.07) is 22.1. The predicted octanol–water partition coefficient (Wildman–Crippen LogP) is 4.57. The Morgan fingerprint density at radius 2 is 1.72 bits per heavy atom. The normalized spacial score (nSPS) is 16.8. The number of aromatic nitrogens is 4. The van der Waals surface area contributed by atoms with Gasteiger partial charge < -0.3 is 16.4 Å². The minimum atomic E-state index is -0.767. The SMILES string of the molecule is Cc1ccc(C#N)cc1-c1ccc(C[C@H](NC(=O)[C@H]2CC[C@H](CN)CC2)C(=O)Nc2ccc(-c3nn[nH]n3)cc2)cc1.Cl. The van der Waals surface area contributed by atoms with Gasteiger partial charge in [-0.1, -0.05) is 30.3 Å². The molecule has 1 aliphatic rings. The van der Waals surface area contributed by atoms with Crippen LogP contribution >= 0.6 is 12.4 Å². The van der Waals surface area contributed by atoms with Crippen LogP contribution < -0.4 is 16.4 Å². The van der Waals surface area contributed by atoms with Crippen molar-refractivity contribution in [3.8, 4) is 28.6 Å². The predicted molar refractivity (Wildman–Crippen MR) is 167 cm³/mol. The van der Waals surface area contributed by atoms with Crippen molar-refractivity contribution in [2.24, 2.45) is 17.6 Å². The Bertz CT molecular complexity index is 1560. The molecule has 3 aromatic carbocycles. The van der Waals surface area contributed by atoms with Gasteiger partial charge in [-0.25, -0.2) is 0 Å². The van der Waals surface area contributed by atoms with Crippen molar-refractivity contribution in [2.45, 2.75) is 45.1 Å². The monoisotopic (exact) mass is 598 g/mol. The highest BCUT2D eigenvalue weighted by atomic mass is 35.5. The van der Waals surface area contributed by atoms with Gasteiger partial charge in [-0.15, -0.1) is 22.6 Å². The number of nitrogens with one attached hydrogen (secondary N) is 3. The van der Waals surface area contributed by atoms with Crippen LogP contribution in [-0.4, -0.2) is 45.0 Å². The van der Waals surface area contributed by atoms with Crippen molar-refractivity contribution in [1.82, 2.24) is 25.9 Å². The molecule has 43 heavy (non-hydrogen) atoms. The van der Waals surface area contributed by atoms with E-state index in [0.717, 1.165) is 53.5 Å². The van der Waals surface area contributed by atoms with E-state index in [1.807, 2.05) is 43.3 Å². The lowest BCUT2D eigenvalue weighted by atomic mass is 9.81. The van der Waals surface area contributed by atoms with Gasteiger partial charge in [0, 0.05) is 23.6 Å². The highest BCUT2D eigenvalue weighted by molar-refractivity contribution is 5.97. The largest absolute Gasteiger partial charge is 0.344 e. The second-order valence-electron chi connectivity index (χ2n) is 10.9. The Morgan fingerprint density at radius 1 is 1.02 bits per heavy atom. The van der Waals surface area contributed by atoms with Crippen LogP contribution in [0, 0.1) is 30.1 Å². The Morgan fingerprint density at radius 3 is 2.35 bits per heavy atom. The summed E-state index contributed by atoms with van der Waals surface area (Å²) in [5, 5.41) is 29.3. The smallest absolute Gasteiger partial charge is 0.247 e. The Labute approximate surface area is 256 Å². The molecule has 0 spiro atoms. The van der Waals surface area contributed by atoms with Crippen LogP contribution in [0.3, 0.4) is 0 Å². The molecule has 1 aromatic heterocycles. The third-order valence-corrected chi connectivity index (χ3v) is 8.01. The lowest BCUT2D eigenvalue weighted by molar-refractivity contribution is -0.130. The van der Waals surface area contributed by atoms with E-state index in [9.17, 15) is 14.9 Å². The quantitative estimate of drug-likeness (QED) is 0.219. The first-order valence-corrected chi connectivity index (χ1v) is 14.2. The van der Waals surface area contributed by atoms with Crippen molar-refractivity contribution >= 4 is 29.9 Å². The fourth-order valence-corrected chi connectivity index (χ4v) is 5.43. The molecule has 5 N–H and O–H groups in total. The van der Waals surface area contributed by atoms with E-state index in [1.54, 1.807) is 30.3 Å². The van der Waals surface area contributed by atoms with Gasteiger partial charge >= 0.3 is 0 Å². The van der Waals surface area contributed by atoms with Gasteiger partial charge in [0.1, 0.15) is 6.04 Å². The molecule has 2 amide bonds. The molecule has 222 valence electrons. The van der Waals surface area contributed by atoms with Gasteiger partial charge in [0.2, 0.25) is 17.6 Å². The van der Waals surface area contributed by atoms with Crippen LogP contribution in [0.1, 0.15) is 42.4 Å². The zero-order chi connectivity index (χ0) is 29.5. The summed E-state index contributed by atoms with van der Waals surface area (Å²) in [5.74, 6) is 0.390. The molecule has 5 rings (SSSR count). The number of hydrogen-bond donors (Lipinski definition) is 4. The minimum absolute atomic E-state index is 0. The van der Waals surface area contributed by atoms with Crippen LogP contribution in [-0.2, 0) is 16.0 Å². The number of aromatic amines is 1. The molecule has 11 heteroatoms. The maximum atomic E-state index is 13.5. The summed E-state index contributed by atoms with van der Waals surface area (Å²) in [5.41, 5.74) is 11.7. The summed E-state index contributed by atoms with van der Waals surface area (Å²) in [6.45, 7) is 2.65. The number of nitrogens with two attached hydrogens (primary N) is 1. The molecule has 0 bridgehead atoms. The zero-order valence-electron chi connectivity index (χ0n) is 23.9. The molecular weight excluding hydrogens is 564 g/mol. The van der Waals surface area contributed by atoms with Crippen molar-refractivity contribution in [3.63, 3.8) is 0 Å². The van der Waals surface area contributed by atoms with Crippen LogP contribution in [0.25, 0.3) is 22.5 Å². The van der Waals surface area contributed by atoms with Crippen LogP contribution in [0.15, 0.2) is 66.7 Å². The number of aryl methyl sites for hydroxylation is 1. The highest BCUT2D eigenvalue weighted by Crippen LogP contribution is 2.29. The molecule has 1 fully saturated rings. The van der Waals surface area contributed by atoms with Gasteiger partial charge in [-0.05, 0) is 109 Å². The van der Waals surface area contributed by atoms with E-state index in [2.05, 4.69) is 37.3 Å². The molecular formula is C32H35ClN8O2. The second kappa shape index (κ2) is 14.5. The van der Waals surface area contributed by atoms with E-state index >= 15 is 0 Å².